The van der Waals surface area contributed by atoms with Crippen LogP contribution in [0.3, 0.4) is 0 Å². The molecule has 5 nitrogen and oxygen atoms in total. The lowest BCUT2D eigenvalue weighted by molar-refractivity contribution is -0.106. The zero-order valence-electron chi connectivity index (χ0n) is 11.7. The molecule has 2 aromatic rings. The van der Waals surface area contributed by atoms with Gasteiger partial charge in [-0.3, -0.25) is 9.52 Å². The normalized spacial score (nSPS) is 12.0. The molecular formula is C13H10ClF3N2O3S2. The Morgan fingerprint density at radius 1 is 1.17 bits per heavy atom. The van der Waals surface area contributed by atoms with E-state index >= 15 is 0 Å². The number of halogens is 4. The predicted molar refractivity (Wildman–Crippen MR) is 87.2 cm³/mol. The van der Waals surface area contributed by atoms with E-state index in [0.29, 0.717) is 10.7 Å². The Balaban J connectivity index is 2.15. The van der Waals surface area contributed by atoms with Crippen molar-refractivity contribution in [3.8, 4) is 0 Å². The Morgan fingerprint density at radius 2 is 1.79 bits per heavy atom. The Morgan fingerprint density at radius 3 is 2.38 bits per heavy atom. The van der Waals surface area contributed by atoms with Gasteiger partial charge in [0.15, 0.2) is 5.75 Å². The summed E-state index contributed by atoms with van der Waals surface area (Å²) in [5.74, 6) is -2.69. The number of nitrogens with one attached hydrogen (secondary N) is 2. The van der Waals surface area contributed by atoms with Crippen molar-refractivity contribution in [3.05, 3.63) is 45.6 Å². The Hall–Kier alpha value is -1.78. The van der Waals surface area contributed by atoms with E-state index in [1.54, 1.807) is 16.9 Å². The smallest absolute Gasteiger partial charge is 0.321 e. The summed E-state index contributed by atoms with van der Waals surface area (Å²) in [4.78, 5) is 12.1. The highest BCUT2D eigenvalue weighted by molar-refractivity contribution is 7.92. The molecule has 0 saturated heterocycles. The highest BCUT2D eigenvalue weighted by Gasteiger charge is 2.35. The average molecular weight is 399 g/mol. The van der Waals surface area contributed by atoms with E-state index in [9.17, 15) is 26.4 Å². The van der Waals surface area contributed by atoms with Gasteiger partial charge in [0.25, 0.3) is 5.91 Å². The number of alkyl halides is 3. The maximum atomic E-state index is 12.3. The second kappa shape index (κ2) is 6.99. The van der Waals surface area contributed by atoms with Crippen LogP contribution in [0.1, 0.15) is 9.67 Å². The third-order valence-electron chi connectivity index (χ3n) is 2.59. The average Bonchev–Trinajstić information content (AvgIpc) is 2.85. The van der Waals surface area contributed by atoms with Crippen molar-refractivity contribution in [2.24, 2.45) is 0 Å². The first-order chi connectivity index (χ1) is 11.1. The van der Waals surface area contributed by atoms with E-state index in [0.717, 1.165) is 11.3 Å². The topological polar surface area (TPSA) is 75.3 Å². The second-order valence-electron chi connectivity index (χ2n) is 4.60. The molecule has 11 heteroatoms. The van der Waals surface area contributed by atoms with E-state index in [-0.39, 0.29) is 10.6 Å². The molecule has 1 aromatic heterocycles. The van der Waals surface area contributed by atoms with Crippen molar-refractivity contribution in [2.75, 3.05) is 15.8 Å². The number of sulfonamides is 1. The van der Waals surface area contributed by atoms with Crippen LogP contribution in [0.4, 0.5) is 24.5 Å². The maximum absolute atomic E-state index is 12.3. The van der Waals surface area contributed by atoms with Gasteiger partial charge in [0, 0.05) is 10.7 Å². The SMILES string of the molecule is O=C(Nc1ccc(Cl)cc1)c1sccc1NS(=O)(=O)CC(F)(F)F. The fourth-order valence-electron chi connectivity index (χ4n) is 1.71. The number of hydrogen-bond donors (Lipinski definition) is 2. The molecule has 0 aliphatic rings. The fourth-order valence-corrected chi connectivity index (χ4v) is 3.65. The Labute approximate surface area is 144 Å². The Bertz CT molecular complexity index is 833. The minimum Gasteiger partial charge on any atom is -0.321 e. The van der Waals surface area contributed by atoms with Crippen molar-refractivity contribution < 1.29 is 26.4 Å². The molecule has 1 amide bonds. The minimum absolute atomic E-state index is 0.0595. The number of rotatable bonds is 5. The van der Waals surface area contributed by atoms with Crippen LogP contribution in [0.2, 0.25) is 5.02 Å². The van der Waals surface area contributed by atoms with Crippen molar-refractivity contribution in [1.82, 2.24) is 0 Å². The first kappa shape index (κ1) is 18.6. The number of benzene rings is 1. The van der Waals surface area contributed by atoms with Gasteiger partial charge in [-0.25, -0.2) is 8.42 Å². The summed E-state index contributed by atoms with van der Waals surface area (Å²) in [6.07, 6.45) is -4.88. The molecule has 0 fully saturated rings. The number of hydrogen-bond acceptors (Lipinski definition) is 4. The zero-order valence-corrected chi connectivity index (χ0v) is 14.1. The van der Waals surface area contributed by atoms with Crippen molar-refractivity contribution in [1.29, 1.82) is 0 Å². The lowest BCUT2D eigenvalue weighted by Gasteiger charge is -2.11. The zero-order chi connectivity index (χ0) is 18.0. The molecule has 0 atom stereocenters. The van der Waals surface area contributed by atoms with Crippen LogP contribution in [0, 0.1) is 0 Å². The van der Waals surface area contributed by atoms with Gasteiger partial charge >= 0.3 is 6.18 Å². The lowest BCUT2D eigenvalue weighted by atomic mass is 10.3. The molecule has 0 aliphatic heterocycles. The first-order valence-electron chi connectivity index (χ1n) is 6.27. The third kappa shape index (κ3) is 5.39. The molecule has 2 rings (SSSR count). The predicted octanol–water partition coefficient (Wildman–Crippen LogP) is 3.96. The standard InChI is InChI=1S/C13H10ClF3N2O3S2/c14-8-1-3-9(4-2-8)18-12(20)11-10(5-6-23-11)19-24(21,22)7-13(15,16)17/h1-6,19H,7H2,(H,18,20). The maximum Gasteiger partial charge on any atom is 0.404 e. The van der Waals surface area contributed by atoms with Gasteiger partial charge < -0.3 is 5.32 Å². The van der Waals surface area contributed by atoms with Gasteiger partial charge in [-0.15, -0.1) is 11.3 Å². The number of carbonyl (C=O) groups is 1. The van der Waals surface area contributed by atoms with E-state index in [1.807, 2.05) is 0 Å². The number of amides is 1. The van der Waals surface area contributed by atoms with E-state index in [1.165, 1.54) is 23.6 Å². The number of carbonyl (C=O) groups excluding carboxylic acids is 1. The summed E-state index contributed by atoms with van der Waals surface area (Å²) in [5, 5.41) is 4.36. The van der Waals surface area contributed by atoms with Crippen LogP contribution in [-0.4, -0.2) is 26.3 Å². The second-order valence-corrected chi connectivity index (χ2v) is 7.68. The summed E-state index contributed by atoms with van der Waals surface area (Å²) in [6.45, 7) is 0. The first-order valence-corrected chi connectivity index (χ1v) is 9.18. The number of anilines is 2. The summed E-state index contributed by atoms with van der Waals surface area (Å²) < 4.78 is 61.6. The lowest BCUT2D eigenvalue weighted by Crippen LogP contribution is -2.28. The van der Waals surface area contributed by atoms with Gasteiger partial charge in [-0.2, -0.15) is 13.2 Å². The highest BCUT2D eigenvalue weighted by atomic mass is 35.5. The van der Waals surface area contributed by atoms with Gasteiger partial charge in [-0.1, -0.05) is 11.6 Å². The highest BCUT2D eigenvalue weighted by Crippen LogP contribution is 2.26. The van der Waals surface area contributed by atoms with Gasteiger partial charge in [0.2, 0.25) is 10.0 Å². The molecule has 0 radical (unpaired) electrons. The molecule has 2 N–H and O–H groups in total. The molecule has 1 heterocycles. The molecule has 0 unspecified atom stereocenters. The molecule has 0 bridgehead atoms. The fraction of sp³-hybridized carbons (Fsp3) is 0.154. The van der Waals surface area contributed by atoms with Crippen molar-refractivity contribution >= 4 is 50.2 Å². The molecular weight excluding hydrogens is 389 g/mol. The van der Waals surface area contributed by atoms with Gasteiger partial charge in [0.05, 0.1) is 5.69 Å². The Kier molecular flexibility index (Phi) is 5.41. The van der Waals surface area contributed by atoms with E-state index < -0.39 is 27.9 Å². The van der Waals surface area contributed by atoms with Crippen LogP contribution in [0.25, 0.3) is 0 Å². The number of thiophene rings is 1. The molecule has 130 valence electrons. The molecule has 24 heavy (non-hydrogen) atoms. The van der Waals surface area contributed by atoms with Crippen LogP contribution in [-0.2, 0) is 10.0 Å². The van der Waals surface area contributed by atoms with Crippen molar-refractivity contribution in [3.63, 3.8) is 0 Å². The molecule has 0 spiro atoms. The summed E-state index contributed by atoms with van der Waals surface area (Å²) >= 11 is 6.61. The van der Waals surface area contributed by atoms with Crippen LogP contribution < -0.4 is 10.0 Å². The van der Waals surface area contributed by atoms with E-state index in [4.69, 9.17) is 11.6 Å². The quantitative estimate of drug-likeness (QED) is 0.800. The van der Waals surface area contributed by atoms with E-state index in [2.05, 4.69) is 5.32 Å². The van der Waals surface area contributed by atoms with Crippen molar-refractivity contribution in [2.45, 2.75) is 6.18 Å². The summed E-state index contributed by atoms with van der Waals surface area (Å²) in [7, 11) is -4.66. The molecule has 0 aliphatic carbocycles. The summed E-state index contributed by atoms with van der Waals surface area (Å²) in [5.41, 5.74) is 0.192. The molecule has 1 aromatic carbocycles. The largest absolute Gasteiger partial charge is 0.404 e. The van der Waals surface area contributed by atoms with Gasteiger partial charge in [0.1, 0.15) is 4.88 Å². The minimum atomic E-state index is -4.88. The molecule has 0 saturated carbocycles. The van der Waals surface area contributed by atoms with Crippen LogP contribution >= 0.6 is 22.9 Å². The third-order valence-corrected chi connectivity index (χ3v) is 5.00. The monoisotopic (exact) mass is 398 g/mol. The van der Waals surface area contributed by atoms with Gasteiger partial charge in [-0.05, 0) is 35.7 Å². The van der Waals surface area contributed by atoms with Crippen LogP contribution in [0.5, 0.6) is 0 Å². The van der Waals surface area contributed by atoms with Crippen LogP contribution in [0.15, 0.2) is 35.7 Å². The summed E-state index contributed by atoms with van der Waals surface area (Å²) in [6, 6.07) is 7.36.